The van der Waals surface area contributed by atoms with Gasteiger partial charge in [-0.2, -0.15) is 0 Å². The molecule has 1 fully saturated rings. The molecule has 0 radical (unpaired) electrons. The van der Waals surface area contributed by atoms with Crippen LogP contribution in [0.3, 0.4) is 0 Å². The normalized spacial score (nSPS) is 16.4. The fourth-order valence-corrected chi connectivity index (χ4v) is 1.88. The van der Waals surface area contributed by atoms with Crippen LogP contribution in [0.5, 0.6) is 5.75 Å². The van der Waals surface area contributed by atoms with Crippen LogP contribution in [-0.4, -0.2) is 24.3 Å². The smallest absolute Gasteiger partial charge is 0.350 e. The third-order valence-electron chi connectivity index (χ3n) is 2.89. The maximum atomic E-state index is 13.4. The van der Waals surface area contributed by atoms with Gasteiger partial charge < -0.3 is 19.5 Å². The first-order chi connectivity index (χ1) is 10.8. The zero-order chi connectivity index (χ0) is 17.0. The Hall–Kier alpha value is -2.57. The van der Waals surface area contributed by atoms with Crippen molar-refractivity contribution in [2.24, 2.45) is 0 Å². The second-order valence-corrected chi connectivity index (χ2v) is 5.37. The Labute approximate surface area is 133 Å². The first-order valence-corrected chi connectivity index (χ1v) is 7.18. The number of ether oxygens (including phenoxy) is 3. The van der Waals surface area contributed by atoms with Gasteiger partial charge in [0.2, 0.25) is 0 Å². The van der Waals surface area contributed by atoms with Crippen molar-refractivity contribution in [3.05, 3.63) is 35.8 Å². The molecule has 1 aliphatic rings. The van der Waals surface area contributed by atoms with Crippen LogP contribution in [0, 0.1) is 5.82 Å². The molecule has 0 spiro atoms. The molecule has 1 aliphatic heterocycles. The molecule has 0 bridgehead atoms. The summed E-state index contributed by atoms with van der Waals surface area (Å²) < 4.78 is 28.8. The van der Waals surface area contributed by atoms with E-state index in [1.807, 2.05) is 6.92 Å². The molecule has 0 atom stereocenters. The van der Waals surface area contributed by atoms with Gasteiger partial charge in [0.15, 0.2) is 5.57 Å². The van der Waals surface area contributed by atoms with Gasteiger partial charge in [-0.05, 0) is 18.6 Å². The maximum absolute atomic E-state index is 13.4. The number of rotatable bonds is 5. The van der Waals surface area contributed by atoms with E-state index in [-0.39, 0.29) is 11.3 Å². The van der Waals surface area contributed by atoms with E-state index in [0.717, 1.165) is 12.6 Å². The van der Waals surface area contributed by atoms with Gasteiger partial charge in [0.25, 0.3) is 5.79 Å². The predicted molar refractivity (Wildman–Crippen MR) is 80.2 cm³/mol. The molecule has 0 unspecified atom stereocenters. The van der Waals surface area contributed by atoms with E-state index < -0.39 is 23.5 Å². The number of carbonyl (C=O) groups excluding carboxylic acids is 2. The number of hydrogen-bond donors (Lipinski definition) is 1. The minimum absolute atomic E-state index is 0.288. The lowest BCUT2D eigenvalue weighted by Gasteiger charge is -2.29. The van der Waals surface area contributed by atoms with E-state index in [1.54, 1.807) is 0 Å². The summed E-state index contributed by atoms with van der Waals surface area (Å²) in [6.45, 7) is 5.30. The minimum atomic E-state index is -1.31. The van der Waals surface area contributed by atoms with Crippen LogP contribution in [-0.2, 0) is 19.1 Å². The lowest BCUT2D eigenvalue weighted by Crippen LogP contribution is -2.42. The highest BCUT2D eigenvalue weighted by Gasteiger charge is 2.38. The van der Waals surface area contributed by atoms with E-state index in [1.165, 1.54) is 32.0 Å². The monoisotopic (exact) mass is 323 g/mol. The molecule has 1 saturated heterocycles. The minimum Gasteiger partial charge on any atom is -0.491 e. The van der Waals surface area contributed by atoms with Gasteiger partial charge in [-0.3, -0.25) is 0 Å². The van der Waals surface area contributed by atoms with Crippen LogP contribution in [0.15, 0.2) is 30.0 Å². The van der Waals surface area contributed by atoms with Crippen molar-refractivity contribution in [2.75, 3.05) is 11.9 Å². The zero-order valence-corrected chi connectivity index (χ0v) is 13.1. The number of benzene rings is 1. The standard InChI is InChI=1S/C16H18FNO5/c1-4-7-21-13-6-5-10(17)8-12(13)18-9-11-14(19)22-16(2,3)23-15(11)20/h5-6,8-9,18H,4,7H2,1-3H3. The molecule has 1 aromatic rings. The first kappa shape index (κ1) is 16.8. The summed E-state index contributed by atoms with van der Waals surface area (Å²) in [7, 11) is 0. The molecule has 0 aliphatic carbocycles. The van der Waals surface area contributed by atoms with Gasteiger partial charge in [-0.1, -0.05) is 6.92 Å². The van der Waals surface area contributed by atoms with Gasteiger partial charge in [0.1, 0.15) is 11.6 Å². The fourth-order valence-electron chi connectivity index (χ4n) is 1.88. The topological polar surface area (TPSA) is 73.9 Å². The largest absolute Gasteiger partial charge is 0.491 e. The Morgan fingerprint density at radius 1 is 1.26 bits per heavy atom. The maximum Gasteiger partial charge on any atom is 0.350 e. The quantitative estimate of drug-likeness (QED) is 0.510. The van der Waals surface area contributed by atoms with Gasteiger partial charge in [0, 0.05) is 26.1 Å². The van der Waals surface area contributed by atoms with E-state index in [2.05, 4.69) is 5.32 Å². The van der Waals surface area contributed by atoms with Crippen molar-refractivity contribution in [3.63, 3.8) is 0 Å². The summed E-state index contributed by atoms with van der Waals surface area (Å²) in [6.07, 6.45) is 1.90. The molecular weight excluding hydrogens is 305 g/mol. The Morgan fingerprint density at radius 2 is 1.91 bits per heavy atom. The second kappa shape index (κ2) is 6.68. The van der Waals surface area contributed by atoms with Crippen LogP contribution >= 0.6 is 0 Å². The molecule has 2 rings (SSSR count). The predicted octanol–water partition coefficient (Wildman–Crippen LogP) is 2.75. The van der Waals surface area contributed by atoms with Gasteiger partial charge >= 0.3 is 11.9 Å². The molecule has 1 aromatic carbocycles. The van der Waals surface area contributed by atoms with E-state index in [4.69, 9.17) is 14.2 Å². The van der Waals surface area contributed by atoms with E-state index >= 15 is 0 Å². The molecule has 0 amide bonds. The summed E-state index contributed by atoms with van der Waals surface area (Å²) in [5.74, 6) is -3.01. The first-order valence-electron chi connectivity index (χ1n) is 7.18. The number of carbonyl (C=O) groups is 2. The molecule has 0 saturated carbocycles. The Morgan fingerprint density at radius 3 is 2.52 bits per heavy atom. The molecule has 6 nitrogen and oxygen atoms in total. The van der Waals surface area contributed by atoms with Crippen LogP contribution in [0.2, 0.25) is 0 Å². The fraction of sp³-hybridized carbons (Fsp3) is 0.375. The van der Waals surface area contributed by atoms with Crippen LogP contribution in [0.4, 0.5) is 10.1 Å². The Balaban J connectivity index is 2.20. The third-order valence-corrected chi connectivity index (χ3v) is 2.89. The summed E-state index contributed by atoms with van der Waals surface area (Å²) in [5, 5.41) is 2.69. The highest BCUT2D eigenvalue weighted by atomic mass is 19.1. The summed E-state index contributed by atoms with van der Waals surface area (Å²) in [4.78, 5) is 23.7. The average Bonchev–Trinajstić information content (AvgIpc) is 2.44. The molecule has 1 N–H and O–H groups in total. The number of esters is 2. The Bertz CT molecular complexity index is 632. The average molecular weight is 323 g/mol. The third kappa shape index (κ3) is 4.21. The summed E-state index contributed by atoms with van der Waals surface area (Å²) >= 11 is 0. The van der Waals surface area contributed by atoms with Crippen LogP contribution < -0.4 is 10.1 Å². The van der Waals surface area contributed by atoms with Crippen molar-refractivity contribution in [3.8, 4) is 5.75 Å². The van der Waals surface area contributed by atoms with Gasteiger partial charge in [-0.15, -0.1) is 0 Å². The van der Waals surface area contributed by atoms with Gasteiger partial charge in [0.05, 0.1) is 12.3 Å². The lowest BCUT2D eigenvalue weighted by molar-refractivity contribution is -0.222. The molecule has 0 aromatic heterocycles. The lowest BCUT2D eigenvalue weighted by atomic mass is 10.2. The zero-order valence-electron chi connectivity index (χ0n) is 13.1. The number of nitrogens with one attached hydrogen (secondary N) is 1. The van der Waals surface area contributed by atoms with E-state index in [0.29, 0.717) is 12.4 Å². The molecule has 1 heterocycles. The highest BCUT2D eigenvalue weighted by molar-refractivity contribution is 6.15. The molecule has 7 heteroatoms. The number of cyclic esters (lactones) is 2. The van der Waals surface area contributed by atoms with Crippen molar-refractivity contribution >= 4 is 17.6 Å². The second-order valence-electron chi connectivity index (χ2n) is 5.37. The van der Waals surface area contributed by atoms with Crippen molar-refractivity contribution in [1.82, 2.24) is 0 Å². The van der Waals surface area contributed by atoms with Gasteiger partial charge in [-0.25, -0.2) is 14.0 Å². The molecular formula is C16H18FNO5. The van der Waals surface area contributed by atoms with Crippen LogP contribution in [0.1, 0.15) is 27.2 Å². The van der Waals surface area contributed by atoms with Crippen molar-refractivity contribution in [2.45, 2.75) is 33.0 Å². The van der Waals surface area contributed by atoms with Crippen molar-refractivity contribution in [1.29, 1.82) is 0 Å². The SMILES string of the molecule is CCCOc1ccc(F)cc1NC=C1C(=O)OC(C)(C)OC1=O. The highest BCUT2D eigenvalue weighted by Crippen LogP contribution is 2.27. The summed E-state index contributed by atoms with van der Waals surface area (Å²) in [5.41, 5.74) is -0.0218. The van der Waals surface area contributed by atoms with Crippen LogP contribution in [0.25, 0.3) is 0 Å². The number of hydrogen-bond acceptors (Lipinski definition) is 6. The molecule has 23 heavy (non-hydrogen) atoms. The summed E-state index contributed by atoms with van der Waals surface area (Å²) in [6, 6.07) is 3.92. The number of anilines is 1. The van der Waals surface area contributed by atoms with Crippen molar-refractivity contribution < 1.29 is 28.2 Å². The molecule has 124 valence electrons. The van der Waals surface area contributed by atoms with E-state index in [9.17, 15) is 14.0 Å². The number of halogens is 1. The Kier molecular flexibility index (Phi) is 4.88.